The number of anilines is 3. The van der Waals surface area contributed by atoms with E-state index in [0.29, 0.717) is 48.6 Å². The van der Waals surface area contributed by atoms with Gasteiger partial charge in [0.05, 0.1) is 36.4 Å². The molecule has 5 atom stereocenters. The molecule has 1 heterocycles. The number of carbonyl (C=O) groups is 8. The summed E-state index contributed by atoms with van der Waals surface area (Å²) >= 11 is 0. The van der Waals surface area contributed by atoms with Crippen molar-refractivity contribution < 1.29 is 87.6 Å². The molecule has 3 rings (SSSR count). The van der Waals surface area contributed by atoms with Gasteiger partial charge < -0.3 is 82.5 Å². The van der Waals surface area contributed by atoms with E-state index in [-0.39, 0.29) is 69.3 Å². The van der Waals surface area contributed by atoms with Gasteiger partial charge in [0.2, 0.25) is 0 Å². The van der Waals surface area contributed by atoms with Crippen molar-refractivity contribution >= 4 is 70.6 Å². The first kappa shape index (κ1) is 59.7. The van der Waals surface area contributed by atoms with Crippen LogP contribution in [0.15, 0.2) is 47.8 Å². The maximum atomic E-state index is 12.9. The minimum absolute atomic E-state index is 0.0135. The number of aryl methyl sites for hydroxylation is 1. The number of aliphatic carboxylic acids is 6. The van der Waals surface area contributed by atoms with Crippen LogP contribution < -0.4 is 47.1 Å². The number of benzene rings is 2. The average Bonchev–Trinajstić information content (AvgIpc) is 3.80. The maximum absolute atomic E-state index is 12.9. The van der Waals surface area contributed by atoms with Crippen molar-refractivity contribution in [2.24, 2.45) is 5.18 Å². The Bertz CT molecular complexity index is 2380. The number of halogens is 1. The number of nitrogen functional groups attached to an aromatic ring is 1. The van der Waals surface area contributed by atoms with E-state index in [0.717, 1.165) is 0 Å². The van der Waals surface area contributed by atoms with E-state index in [1.807, 2.05) is 0 Å². The molecule has 1 aromatic heterocycles. The Balaban J connectivity index is 1.58. The van der Waals surface area contributed by atoms with E-state index in [2.05, 4.69) is 47.4 Å². The third kappa shape index (κ3) is 22.7. The Morgan fingerprint density at radius 2 is 1.11 bits per heavy atom. The molecule has 4 amide bonds. The van der Waals surface area contributed by atoms with Gasteiger partial charge >= 0.3 is 47.9 Å². The Hall–Kier alpha value is -8.57. The summed E-state index contributed by atoms with van der Waals surface area (Å²) in [5.41, 5.74) is 7.71. The summed E-state index contributed by atoms with van der Waals surface area (Å²) < 4.78 is 32.4. The molecule has 0 aliphatic rings. The van der Waals surface area contributed by atoms with Gasteiger partial charge in [-0.25, -0.2) is 37.8 Å². The number of nitrogens with two attached hydrogens (primary N) is 1. The Kier molecular flexibility index (Phi) is 25.6. The van der Waals surface area contributed by atoms with Gasteiger partial charge in [-0.15, -0.1) is 10.0 Å². The molecule has 0 spiro atoms. The normalized spacial score (nSPS) is 12.9. The van der Waals surface area contributed by atoms with E-state index in [4.69, 9.17) is 30.2 Å². The van der Waals surface area contributed by atoms with Crippen molar-refractivity contribution in [3.05, 3.63) is 53.2 Å². The molecule has 29 nitrogen and oxygen atoms in total. The zero-order valence-electron chi connectivity index (χ0n) is 39.8. The van der Waals surface area contributed by atoms with E-state index >= 15 is 0 Å². The average molecular weight is 1050 g/mol. The third-order valence-corrected chi connectivity index (χ3v) is 10.5. The molecular formula is C44H60FN11O18. The van der Waals surface area contributed by atoms with Gasteiger partial charge in [-0.1, -0.05) is 5.21 Å². The molecule has 0 radical (unpaired) electrons. The highest BCUT2D eigenvalue weighted by molar-refractivity contribution is 5.87. The number of rotatable bonds is 38. The van der Waals surface area contributed by atoms with Crippen LogP contribution in [0.2, 0.25) is 0 Å². The van der Waals surface area contributed by atoms with Gasteiger partial charge in [0.1, 0.15) is 73.0 Å². The highest BCUT2D eigenvalue weighted by Crippen LogP contribution is 2.30. The summed E-state index contributed by atoms with van der Waals surface area (Å²) in [6, 6.07) is 1.14. The number of nitroso groups, excluding NO2 is 1. The number of alkyl halides is 1. The van der Waals surface area contributed by atoms with Crippen LogP contribution in [0, 0.1) is 4.91 Å². The first-order valence-electron chi connectivity index (χ1n) is 22.9. The minimum Gasteiger partial charge on any atom is -0.491 e. The number of aromatic nitrogens is 3. The number of nitrogens with one attached hydrogen (secondary N) is 6. The highest BCUT2D eigenvalue weighted by Gasteiger charge is 2.27. The monoisotopic (exact) mass is 1050 g/mol. The lowest BCUT2D eigenvalue weighted by atomic mass is 10.1. The summed E-state index contributed by atoms with van der Waals surface area (Å²) in [6.07, 6.45) is 0.0267. The molecule has 74 heavy (non-hydrogen) atoms. The van der Waals surface area contributed by atoms with Crippen LogP contribution in [-0.2, 0) is 46.7 Å². The standard InChI is InChI=1S/C44H60FN11O18/c45-15-18-56-21-25(53-55-56)22-72-28(23-73-26-7-9-29(46)35(19-26)47-16-3-1-5-31(39(61)62)49-43(69)51-33(41(65)66)11-13-37(57)58)24-74-27-8-10-30(54-71)36(20-27)48-17-4-2-6-32(40(63)64)50-44(70)52-34(42(67)68)12-14-38(59)60/h7-10,19-21,28,31-34,47-48H,1-6,11-18,22-24,46H2,(H,57,58)(H,59,60)(H,61,62)(H,63,64)(H,65,66)(H,67,68)(H2,49,51,69)(H2,50,52,70)/t28?,31-,32+,33-,34+/m1/s1. The van der Waals surface area contributed by atoms with E-state index in [1.165, 1.54) is 29.1 Å². The molecule has 0 fully saturated rings. The van der Waals surface area contributed by atoms with Crippen LogP contribution >= 0.6 is 0 Å². The SMILES string of the molecule is Nc1ccc(OCC(COc2ccc(N=O)c(NCCCC[C@H](NC(=O)N[C@@H](CCC(=O)O)C(=O)O)C(=O)O)c2)OCc2cn(CCF)nn2)cc1NCCCC[C@@H](NC(=O)N[C@H](CCC(=O)O)C(=O)O)C(=O)O. The molecule has 30 heteroatoms. The number of ether oxygens (including phenoxy) is 3. The van der Waals surface area contributed by atoms with E-state index < -0.39 is 111 Å². The fraction of sp³-hybridized carbons (Fsp3) is 0.500. The number of urea groups is 2. The van der Waals surface area contributed by atoms with Crippen LogP contribution in [-0.4, -0.2) is 157 Å². The summed E-state index contributed by atoms with van der Waals surface area (Å²) in [7, 11) is 0. The predicted octanol–water partition coefficient (Wildman–Crippen LogP) is 2.58. The topological polar surface area (TPSA) is 444 Å². The smallest absolute Gasteiger partial charge is 0.326 e. The van der Waals surface area contributed by atoms with Crippen LogP contribution in [0.3, 0.4) is 0 Å². The predicted molar refractivity (Wildman–Crippen MR) is 256 cm³/mol. The molecule has 0 bridgehead atoms. The van der Waals surface area contributed by atoms with Gasteiger partial charge in [0.25, 0.3) is 0 Å². The summed E-state index contributed by atoms with van der Waals surface area (Å²) in [6.45, 7) is -0.443. The van der Waals surface area contributed by atoms with Crippen LogP contribution in [0.5, 0.6) is 11.5 Å². The van der Waals surface area contributed by atoms with Crippen molar-refractivity contribution in [1.82, 2.24) is 36.3 Å². The van der Waals surface area contributed by atoms with Gasteiger partial charge in [0, 0.05) is 38.1 Å². The fourth-order valence-electron chi connectivity index (χ4n) is 6.61. The number of hydrogen-bond acceptors (Lipinski definition) is 18. The molecule has 0 aliphatic carbocycles. The second-order valence-electron chi connectivity index (χ2n) is 16.2. The number of carbonyl (C=O) groups excluding carboxylic acids is 2. The van der Waals surface area contributed by atoms with Crippen LogP contribution in [0.1, 0.15) is 69.9 Å². The Morgan fingerprint density at radius 3 is 1.57 bits per heavy atom. The molecule has 14 N–H and O–H groups in total. The second-order valence-corrected chi connectivity index (χ2v) is 16.2. The highest BCUT2D eigenvalue weighted by atomic mass is 19.1. The summed E-state index contributed by atoms with van der Waals surface area (Å²) in [4.78, 5) is 104. The molecule has 2 aromatic carbocycles. The number of carboxylic acids is 6. The third-order valence-electron chi connectivity index (χ3n) is 10.5. The summed E-state index contributed by atoms with van der Waals surface area (Å²) in [5, 5.41) is 81.0. The molecule has 1 unspecified atom stereocenters. The largest absolute Gasteiger partial charge is 0.491 e. The van der Waals surface area contributed by atoms with Crippen molar-refractivity contribution in [3.8, 4) is 11.5 Å². The van der Waals surface area contributed by atoms with Gasteiger partial charge in [-0.2, -0.15) is 0 Å². The molecule has 0 saturated heterocycles. The lowest BCUT2D eigenvalue weighted by Crippen LogP contribution is -2.51. The first-order chi connectivity index (χ1) is 35.3. The fourth-order valence-corrected chi connectivity index (χ4v) is 6.61. The first-order valence-corrected chi connectivity index (χ1v) is 22.9. The Labute approximate surface area is 420 Å². The number of unbranched alkanes of at least 4 members (excludes halogenated alkanes) is 2. The molecule has 406 valence electrons. The molecule has 0 aliphatic heterocycles. The van der Waals surface area contributed by atoms with Gasteiger partial charge in [-0.3, -0.25) is 9.59 Å². The van der Waals surface area contributed by atoms with Crippen molar-refractivity contribution in [3.63, 3.8) is 0 Å². The maximum Gasteiger partial charge on any atom is 0.326 e. The quantitative estimate of drug-likeness (QED) is 0.0223. The van der Waals surface area contributed by atoms with E-state index in [9.17, 15) is 68.1 Å². The van der Waals surface area contributed by atoms with E-state index in [1.54, 1.807) is 18.2 Å². The number of nitrogens with zero attached hydrogens (tertiary/aromatic N) is 4. The number of carboxylic acid groups (broad SMARTS) is 6. The zero-order chi connectivity index (χ0) is 54.6. The van der Waals surface area contributed by atoms with Crippen LogP contribution in [0.25, 0.3) is 0 Å². The van der Waals surface area contributed by atoms with Gasteiger partial charge in [0.15, 0.2) is 0 Å². The molecule has 0 saturated carbocycles. The molecular weight excluding hydrogens is 990 g/mol. The van der Waals surface area contributed by atoms with Crippen molar-refractivity contribution in [1.29, 1.82) is 0 Å². The Morgan fingerprint density at radius 1 is 0.649 bits per heavy atom. The summed E-state index contributed by atoms with van der Waals surface area (Å²) in [5.74, 6) is -7.64. The number of amides is 4. The van der Waals surface area contributed by atoms with Gasteiger partial charge in [-0.05, 0) is 80.8 Å². The lowest BCUT2D eigenvalue weighted by molar-refractivity contribution is -0.142. The van der Waals surface area contributed by atoms with Crippen molar-refractivity contribution in [2.45, 2.75) is 108 Å². The second kappa shape index (κ2) is 31.7. The minimum atomic E-state index is -1.56. The van der Waals surface area contributed by atoms with Crippen molar-refractivity contribution in [2.75, 3.05) is 49.3 Å². The molecule has 3 aromatic rings. The lowest BCUT2D eigenvalue weighted by Gasteiger charge is -2.20. The zero-order valence-corrected chi connectivity index (χ0v) is 39.8. The number of hydrogen-bond donors (Lipinski definition) is 13. The van der Waals surface area contributed by atoms with Crippen LogP contribution in [0.4, 0.5) is 36.7 Å².